The average Bonchev–Trinajstić information content (AvgIpc) is 3.08. The number of carbonyl (C=O) groups is 1. The van der Waals surface area contributed by atoms with E-state index in [0.29, 0.717) is 11.4 Å². The number of hydrogen-bond acceptors (Lipinski definition) is 1. The van der Waals surface area contributed by atoms with Crippen LogP contribution in [0.15, 0.2) is 28.7 Å². The molecule has 0 aliphatic heterocycles. The topological polar surface area (TPSA) is 29.1 Å². The van der Waals surface area contributed by atoms with E-state index < -0.39 is 0 Å². The molecule has 0 aromatic heterocycles. The quantitative estimate of drug-likeness (QED) is 0.826. The van der Waals surface area contributed by atoms with Gasteiger partial charge in [-0.25, -0.2) is 0 Å². The predicted molar refractivity (Wildman–Crippen MR) is 73.5 cm³/mol. The highest BCUT2D eigenvalue weighted by atomic mass is 79.9. The Morgan fingerprint density at radius 2 is 2.12 bits per heavy atom. The molecule has 1 aliphatic rings. The normalized spacial score (nSPS) is 16.6. The van der Waals surface area contributed by atoms with Gasteiger partial charge >= 0.3 is 0 Å². The molecule has 2 nitrogen and oxygen atoms in total. The van der Waals surface area contributed by atoms with Gasteiger partial charge in [0.25, 0.3) is 5.91 Å². The SMILES string of the molecule is O=C(NCC1(CCCl)CC1)c1ccccc1Br. The zero-order chi connectivity index (χ0) is 12.3. The molecule has 17 heavy (non-hydrogen) atoms. The van der Waals surface area contributed by atoms with Gasteiger partial charge in [-0.15, -0.1) is 11.6 Å². The first-order valence-corrected chi connectivity index (χ1v) is 7.08. The summed E-state index contributed by atoms with van der Waals surface area (Å²) in [5.74, 6) is 0.656. The first kappa shape index (κ1) is 12.9. The molecule has 1 aromatic rings. The molecule has 1 fully saturated rings. The fourth-order valence-electron chi connectivity index (χ4n) is 1.90. The van der Waals surface area contributed by atoms with Crippen LogP contribution in [0.4, 0.5) is 0 Å². The molecule has 0 spiro atoms. The lowest BCUT2D eigenvalue weighted by Crippen LogP contribution is -2.30. The van der Waals surface area contributed by atoms with E-state index in [4.69, 9.17) is 11.6 Å². The summed E-state index contributed by atoms with van der Waals surface area (Å²) in [6.45, 7) is 0.736. The van der Waals surface area contributed by atoms with E-state index in [1.54, 1.807) is 0 Å². The number of amides is 1. The van der Waals surface area contributed by atoms with Gasteiger partial charge < -0.3 is 5.32 Å². The average molecular weight is 317 g/mol. The van der Waals surface area contributed by atoms with Crippen LogP contribution in [-0.2, 0) is 0 Å². The van der Waals surface area contributed by atoms with Crippen molar-refractivity contribution in [1.29, 1.82) is 0 Å². The molecule has 0 unspecified atom stereocenters. The van der Waals surface area contributed by atoms with Crippen molar-refractivity contribution in [3.8, 4) is 0 Å². The van der Waals surface area contributed by atoms with Gasteiger partial charge in [0.05, 0.1) is 5.56 Å². The lowest BCUT2D eigenvalue weighted by atomic mass is 10.0. The third-order valence-corrected chi connectivity index (χ3v) is 4.20. The molecule has 1 aromatic carbocycles. The molecule has 92 valence electrons. The molecule has 0 atom stereocenters. The van der Waals surface area contributed by atoms with E-state index in [2.05, 4.69) is 21.2 Å². The molecule has 0 heterocycles. The summed E-state index contributed by atoms with van der Waals surface area (Å²) in [4.78, 5) is 12.0. The Balaban J connectivity index is 1.92. The largest absolute Gasteiger partial charge is 0.351 e. The number of nitrogens with one attached hydrogen (secondary N) is 1. The van der Waals surface area contributed by atoms with Crippen LogP contribution < -0.4 is 5.32 Å². The van der Waals surface area contributed by atoms with Gasteiger partial charge in [-0.2, -0.15) is 0 Å². The minimum absolute atomic E-state index is 0.0154. The zero-order valence-electron chi connectivity index (χ0n) is 9.51. The van der Waals surface area contributed by atoms with E-state index in [0.717, 1.165) is 17.4 Å². The van der Waals surface area contributed by atoms with Crippen LogP contribution in [0.3, 0.4) is 0 Å². The van der Waals surface area contributed by atoms with Gasteiger partial charge in [0, 0.05) is 16.9 Å². The molecule has 0 radical (unpaired) electrons. The van der Waals surface area contributed by atoms with Crippen molar-refractivity contribution in [2.75, 3.05) is 12.4 Å². The number of rotatable bonds is 5. The van der Waals surface area contributed by atoms with Crippen molar-refractivity contribution >= 4 is 33.4 Å². The lowest BCUT2D eigenvalue weighted by Gasteiger charge is -2.14. The second-order valence-electron chi connectivity index (χ2n) is 4.60. The monoisotopic (exact) mass is 315 g/mol. The second-order valence-corrected chi connectivity index (χ2v) is 5.83. The molecule has 4 heteroatoms. The first-order valence-electron chi connectivity index (χ1n) is 5.76. The standard InChI is InChI=1S/C13H15BrClNO/c14-11-4-2-1-3-10(11)12(17)16-9-13(5-6-13)7-8-15/h1-4H,5-9H2,(H,16,17). The Morgan fingerprint density at radius 3 is 2.71 bits per heavy atom. The summed E-state index contributed by atoms with van der Waals surface area (Å²) in [6, 6.07) is 7.46. The third kappa shape index (κ3) is 3.23. The fourth-order valence-corrected chi connectivity index (χ4v) is 2.77. The van der Waals surface area contributed by atoms with Crippen molar-refractivity contribution in [1.82, 2.24) is 5.32 Å². The molecule has 0 saturated heterocycles. The maximum absolute atomic E-state index is 12.0. The highest BCUT2D eigenvalue weighted by Crippen LogP contribution is 2.48. The summed E-state index contributed by atoms with van der Waals surface area (Å²) in [7, 11) is 0. The van der Waals surface area contributed by atoms with E-state index in [-0.39, 0.29) is 11.3 Å². The van der Waals surface area contributed by atoms with Gasteiger partial charge in [0.1, 0.15) is 0 Å². The van der Waals surface area contributed by atoms with Crippen LogP contribution in [0, 0.1) is 5.41 Å². The molecule has 1 aliphatic carbocycles. The maximum atomic E-state index is 12.0. The Hall–Kier alpha value is -0.540. The summed E-state index contributed by atoms with van der Waals surface area (Å²) < 4.78 is 0.833. The van der Waals surface area contributed by atoms with Crippen molar-refractivity contribution in [2.45, 2.75) is 19.3 Å². The molecule has 1 amide bonds. The van der Waals surface area contributed by atoms with Crippen molar-refractivity contribution in [3.05, 3.63) is 34.3 Å². The Morgan fingerprint density at radius 1 is 1.41 bits per heavy atom. The molecule has 0 bridgehead atoms. The summed E-state index contributed by atoms with van der Waals surface area (Å²) in [6.07, 6.45) is 3.34. The van der Waals surface area contributed by atoms with Crippen LogP contribution in [0.5, 0.6) is 0 Å². The molecular formula is C13H15BrClNO. The Labute approximate surface area is 115 Å². The van der Waals surface area contributed by atoms with Crippen molar-refractivity contribution < 1.29 is 4.79 Å². The molecule has 1 saturated carbocycles. The lowest BCUT2D eigenvalue weighted by molar-refractivity contribution is 0.0943. The van der Waals surface area contributed by atoms with Crippen LogP contribution in [0.25, 0.3) is 0 Å². The van der Waals surface area contributed by atoms with Crippen LogP contribution >= 0.6 is 27.5 Å². The summed E-state index contributed by atoms with van der Waals surface area (Å²) in [5, 5.41) is 3.00. The smallest absolute Gasteiger partial charge is 0.252 e. The highest BCUT2D eigenvalue weighted by molar-refractivity contribution is 9.10. The number of benzene rings is 1. The number of hydrogen-bond donors (Lipinski definition) is 1. The van der Waals surface area contributed by atoms with Gasteiger partial charge in [0.15, 0.2) is 0 Å². The summed E-state index contributed by atoms with van der Waals surface area (Å²) >= 11 is 9.15. The van der Waals surface area contributed by atoms with E-state index in [1.165, 1.54) is 12.8 Å². The maximum Gasteiger partial charge on any atom is 0.252 e. The van der Waals surface area contributed by atoms with Gasteiger partial charge in [-0.3, -0.25) is 4.79 Å². The van der Waals surface area contributed by atoms with Crippen LogP contribution in [0.1, 0.15) is 29.6 Å². The van der Waals surface area contributed by atoms with Gasteiger partial charge in [-0.1, -0.05) is 12.1 Å². The number of alkyl halides is 1. The molecule has 1 N–H and O–H groups in total. The van der Waals surface area contributed by atoms with Gasteiger partial charge in [-0.05, 0) is 52.7 Å². The predicted octanol–water partition coefficient (Wildman–Crippen LogP) is 3.59. The fraction of sp³-hybridized carbons (Fsp3) is 0.462. The highest BCUT2D eigenvalue weighted by Gasteiger charge is 2.41. The van der Waals surface area contributed by atoms with Crippen LogP contribution in [-0.4, -0.2) is 18.3 Å². The van der Waals surface area contributed by atoms with E-state index in [9.17, 15) is 4.79 Å². The molecular weight excluding hydrogens is 302 g/mol. The minimum atomic E-state index is -0.0154. The van der Waals surface area contributed by atoms with E-state index in [1.807, 2.05) is 24.3 Å². The minimum Gasteiger partial charge on any atom is -0.351 e. The molecule has 2 rings (SSSR count). The summed E-state index contributed by atoms with van der Waals surface area (Å²) in [5.41, 5.74) is 0.966. The van der Waals surface area contributed by atoms with Crippen molar-refractivity contribution in [2.24, 2.45) is 5.41 Å². The third-order valence-electron chi connectivity index (χ3n) is 3.32. The van der Waals surface area contributed by atoms with E-state index >= 15 is 0 Å². The van der Waals surface area contributed by atoms with Crippen LogP contribution in [0.2, 0.25) is 0 Å². The van der Waals surface area contributed by atoms with Gasteiger partial charge in [0.2, 0.25) is 0 Å². The Kier molecular flexibility index (Phi) is 4.10. The zero-order valence-corrected chi connectivity index (χ0v) is 11.9. The van der Waals surface area contributed by atoms with Crippen molar-refractivity contribution in [3.63, 3.8) is 0 Å². The number of halogens is 2. The second kappa shape index (κ2) is 5.40. The number of carbonyl (C=O) groups excluding carboxylic acids is 1. The Bertz CT molecular complexity index is 418. The first-order chi connectivity index (χ1) is 8.17.